The molecule has 3 N–H and O–H groups in total. The third-order valence-corrected chi connectivity index (χ3v) is 2.58. The van der Waals surface area contributed by atoms with Crippen molar-refractivity contribution in [2.24, 2.45) is 0 Å². The number of nitrogens with zero attached hydrogens (tertiary/aromatic N) is 3. The molecular weight excluding hydrogens is 214 g/mol. The van der Waals surface area contributed by atoms with E-state index in [2.05, 4.69) is 26.6 Å². The zero-order valence-corrected chi connectivity index (χ0v) is 9.88. The molecule has 86 valence electrons. The molecule has 1 aromatic rings. The van der Waals surface area contributed by atoms with Crippen molar-refractivity contribution in [1.82, 2.24) is 14.3 Å². The Balaban J connectivity index is 2.10. The molecule has 0 bridgehead atoms. The van der Waals surface area contributed by atoms with Crippen LogP contribution in [0.15, 0.2) is 0 Å². The van der Waals surface area contributed by atoms with Crippen molar-refractivity contribution in [3.05, 3.63) is 0 Å². The molecule has 0 radical (unpaired) electrons. The number of nitrogen functional groups attached to an aromatic ring is 1. The number of nitrogens with two attached hydrogens (primary N) is 1. The number of rotatable bonds is 7. The zero-order chi connectivity index (χ0) is 11.1. The van der Waals surface area contributed by atoms with Gasteiger partial charge in [0.25, 0.3) is 0 Å². The van der Waals surface area contributed by atoms with Gasteiger partial charge in [-0.3, -0.25) is 0 Å². The third kappa shape index (κ3) is 4.91. The Morgan fingerprint density at radius 3 is 2.93 bits per heavy atom. The van der Waals surface area contributed by atoms with Gasteiger partial charge in [-0.2, -0.15) is 9.36 Å². The average molecular weight is 231 g/mol. The molecule has 0 aliphatic heterocycles. The maximum atomic E-state index is 5.40. The van der Waals surface area contributed by atoms with Crippen LogP contribution in [0.3, 0.4) is 0 Å². The van der Waals surface area contributed by atoms with Gasteiger partial charge < -0.3 is 20.7 Å². The van der Waals surface area contributed by atoms with Crippen LogP contribution in [0, 0.1) is 0 Å². The van der Waals surface area contributed by atoms with Gasteiger partial charge in [-0.15, -0.1) is 0 Å². The fourth-order valence-electron chi connectivity index (χ4n) is 1.02. The lowest BCUT2D eigenvalue weighted by Crippen LogP contribution is -2.28. The molecule has 0 saturated heterocycles. The Hall–Kier alpha value is -0.920. The van der Waals surface area contributed by atoms with Gasteiger partial charge in [0.05, 0.1) is 6.61 Å². The second-order valence-electron chi connectivity index (χ2n) is 3.18. The Morgan fingerprint density at radius 1 is 1.53 bits per heavy atom. The quantitative estimate of drug-likeness (QED) is 0.693. The highest BCUT2D eigenvalue weighted by molar-refractivity contribution is 7.09. The SMILES string of the molecule is COCCN(C)CCNc1nc(N)ns1. The summed E-state index contributed by atoms with van der Waals surface area (Å²) in [5, 5.41) is 3.93. The lowest BCUT2D eigenvalue weighted by atomic mass is 10.5. The minimum atomic E-state index is 0.329. The summed E-state index contributed by atoms with van der Waals surface area (Å²) in [5.74, 6) is 0.329. The second kappa shape index (κ2) is 6.54. The van der Waals surface area contributed by atoms with Crippen molar-refractivity contribution in [2.75, 3.05) is 51.4 Å². The molecule has 0 aromatic carbocycles. The van der Waals surface area contributed by atoms with Crippen molar-refractivity contribution >= 4 is 22.6 Å². The highest BCUT2D eigenvalue weighted by atomic mass is 32.1. The van der Waals surface area contributed by atoms with E-state index in [-0.39, 0.29) is 0 Å². The van der Waals surface area contributed by atoms with E-state index >= 15 is 0 Å². The minimum absolute atomic E-state index is 0.329. The van der Waals surface area contributed by atoms with E-state index in [1.165, 1.54) is 11.5 Å². The van der Waals surface area contributed by atoms with Crippen LogP contribution in [-0.2, 0) is 4.74 Å². The van der Waals surface area contributed by atoms with Gasteiger partial charge in [0, 0.05) is 38.3 Å². The predicted octanol–water partition coefficient (Wildman–Crippen LogP) is 0.110. The second-order valence-corrected chi connectivity index (χ2v) is 3.93. The van der Waals surface area contributed by atoms with Crippen LogP contribution >= 0.6 is 11.5 Å². The first kappa shape index (κ1) is 12.2. The van der Waals surface area contributed by atoms with Crippen molar-refractivity contribution < 1.29 is 4.74 Å². The summed E-state index contributed by atoms with van der Waals surface area (Å²) >= 11 is 1.28. The summed E-state index contributed by atoms with van der Waals surface area (Å²) in [5.41, 5.74) is 5.40. The predicted molar refractivity (Wildman–Crippen MR) is 62.2 cm³/mol. The van der Waals surface area contributed by atoms with Gasteiger partial charge in [0.15, 0.2) is 0 Å². The fourth-order valence-corrected chi connectivity index (χ4v) is 1.54. The molecule has 0 aliphatic carbocycles. The lowest BCUT2D eigenvalue weighted by Gasteiger charge is -2.15. The van der Waals surface area contributed by atoms with Gasteiger partial charge >= 0.3 is 0 Å². The normalized spacial score (nSPS) is 10.9. The Bertz CT molecular complexity index is 280. The Kier molecular flexibility index (Phi) is 5.30. The topological polar surface area (TPSA) is 76.3 Å². The van der Waals surface area contributed by atoms with Crippen molar-refractivity contribution in [3.63, 3.8) is 0 Å². The fraction of sp³-hybridized carbons (Fsp3) is 0.750. The molecule has 1 heterocycles. The molecular formula is C8H17N5OS. The molecule has 0 saturated carbocycles. The zero-order valence-electron chi connectivity index (χ0n) is 9.06. The largest absolute Gasteiger partial charge is 0.383 e. The summed E-state index contributed by atoms with van der Waals surface area (Å²) in [4.78, 5) is 6.18. The average Bonchev–Trinajstić information content (AvgIpc) is 2.61. The molecule has 0 unspecified atom stereocenters. The molecule has 0 atom stereocenters. The summed E-state index contributed by atoms with van der Waals surface area (Å²) in [6.07, 6.45) is 0. The van der Waals surface area contributed by atoms with Gasteiger partial charge in [0.2, 0.25) is 11.1 Å². The number of hydrogen-bond acceptors (Lipinski definition) is 7. The van der Waals surface area contributed by atoms with Crippen LogP contribution in [-0.4, -0.2) is 54.7 Å². The number of aromatic nitrogens is 2. The number of likely N-dealkylation sites (N-methyl/N-ethyl adjacent to an activating group) is 1. The van der Waals surface area contributed by atoms with Crippen LogP contribution in [0.25, 0.3) is 0 Å². The Morgan fingerprint density at radius 2 is 2.33 bits per heavy atom. The van der Waals surface area contributed by atoms with Crippen LogP contribution in [0.1, 0.15) is 0 Å². The molecule has 1 rings (SSSR count). The molecule has 0 amide bonds. The van der Waals surface area contributed by atoms with Crippen molar-refractivity contribution in [2.45, 2.75) is 0 Å². The molecule has 0 fully saturated rings. The highest BCUT2D eigenvalue weighted by Gasteiger charge is 2.00. The summed E-state index contributed by atoms with van der Waals surface area (Å²) in [6, 6.07) is 0. The standard InChI is InChI=1S/C8H17N5OS/c1-13(5-6-14-2)4-3-10-8-11-7(9)12-15-8/h3-6H2,1-2H3,(H3,9,10,11,12). The highest BCUT2D eigenvalue weighted by Crippen LogP contribution is 2.10. The van der Waals surface area contributed by atoms with E-state index in [9.17, 15) is 0 Å². The number of hydrogen-bond donors (Lipinski definition) is 2. The van der Waals surface area contributed by atoms with E-state index in [1.807, 2.05) is 0 Å². The maximum Gasteiger partial charge on any atom is 0.233 e. The monoisotopic (exact) mass is 231 g/mol. The van der Waals surface area contributed by atoms with E-state index in [4.69, 9.17) is 10.5 Å². The van der Waals surface area contributed by atoms with Crippen LogP contribution in [0.5, 0.6) is 0 Å². The molecule has 6 nitrogen and oxygen atoms in total. The van der Waals surface area contributed by atoms with Gasteiger partial charge in [0.1, 0.15) is 0 Å². The van der Waals surface area contributed by atoms with E-state index in [0.29, 0.717) is 5.95 Å². The molecule has 0 aliphatic rings. The maximum absolute atomic E-state index is 5.40. The first-order valence-corrected chi connectivity index (χ1v) is 5.50. The molecule has 15 heavy (non-hydrogen) atoms. The van der Waals surface area contributed by atoms with E-state index < -0.39 is 0 Å². The van der Waals surface area contributed by atoms with Gasteiger partial charge in [-0.05, 0) is 7.05 Å². The van der Waals surface area contributed by atoms with Crippen LogP contribution < -0.4 is 11.1 Å². The molecule has 7 heteroatoms. The van der Waals surface area contributed by atoms with Crippen molar-refractivity contribution in [3.8, 4) is 0 Å². The molecule has 0 spiro atoms. The number of ether oxygens (including phenoxy) is 1. The summed E-state index contributed by atoms with van der Waals surface area (Å²) < 4.78 is 8.86. The summed E-state index contributed by atoms with van der Waals surface area (Å²) in [6.45, 7) is 3.44. The smallest absolute Gasteiger partial charge is 0.233 e. The third-order valence-electron chi connectivity index (χ3n) is 1.89. The Labute approximate surface area is 93.6 Å². The van der Waals surface area contributed by atoms with Gasteiger partial charge in [-0.1, -0.05) is 0 Å². The van der Waals surface area contributed by atoms with Crippen LogP contribution in [0.4, 0.5) is 11.1 Å². The number of anilines is 2. The van der Waals surface area contributed by atoms with Crippen molar-refractivity contribution in [1.29, 1.82) is 0 Å². The number of nitrogens with one attached hydrogen (secondary N) is 1. The van der Waals surface area contributed by atoms with E-state index in [1.54, 1.807) is 7.11 Å². The van der Waals surface area contributed by atoms with Gasteiger partial charge in [-0.25, -0.2) is 0 Å². The van der Waals surface area contributed by atoms with Crippen LogP contribution in [0.2, 0.25) is 0 Å². The first-order valence-electron chi connectivity index (χ1n) is 4.73. The molecule has 1 aromatic heterocycles. The lowest BCUT2D eigenvalue weighted by molar-refractivity contribution is 0.163. The first-order chi connectivity index (χ1) is 7.22. The number of methoxy groups -OCH3 is 1. The summed E-state index contributed by atoms with van der Waals surface area (Å²) in [7, 11) is 3.76. The van der Waals surface area contributed by atoms with E-state index in [0.717, 1.165) is 31.4 Å². The minimum Gasteiger partial charge on any atom is -0.383 e.